The summed E-state index contributed by atoms with van der Waals surface area (Å²) in [6, 6.07) is 5.54. The van der Waals surface area contributed by atoms with Gasteiger partial charge in [-0.1, -0.05) is 17.7 Å². The highest BCUT2D eigenvalue weighted by Gasteiger charge is 2.23. The second-order valence-corrected chi connectivity index (χ2v) is 4.12. The highest BCUT2D eigenvalue weighted by molar-refractivity contribution is 6.34. The Kier molecular flexibility index (Phi) is 3.31. The van der Waals surface area contributed by atoms with E-state index in [1.165, 1.54) is 0 Å². The van der Waals surface area contributed by atoms with Crippen LogP contribution in [0.5, 0.6) is 0 Å². The first-order valence-electron chi connectivity index (χ1n) is 5.20. The molecule has 1 aliphatic heterocycles. The van der Waals surface area contributed by atoms with Gasteiger partial charge in [-0.2, -0.15) is 0 Å². The van der Waals surface area contributed by atoms with Crippen LogP contribution in [-0.4, -0.2) is 32.6 Å². The first-order valence-corrected chi connectivity index (χ1v) is 5.58. The van der Waals surface area contributed by atoms with E-state index < -0.39 is 0 Å². The van der Waals surface area contributed by atoms with Crippen molar-refractivity contribution in [2.24, 2.45) is 0 Å². The third kappa shape index (κ3) is 2.13. The maximum absolute atomic E-state index is 11.5. The summed E-state index contributed by atoms with van der Waals surface area (Å²) in [5.74, 6) is 0.00543. The molecule has 0 saturated heterocycles. The molecule has 2 N–H and O–H groups in total. The summed E-state index contributed by atoms with van der Waals surface area (Å²) in [5.41, 5.74) is 1.71. The van der Waals surface area contributed by atoms with Crippen molar-refractivity contribution in [2.45, 2.75) is 0 Å². The standard InChI is InChI=1S/C11H14ClN3O/c1-13-5-6-15-7-10(16)14-9-4-2-3-8(12)11(9)15/h2-4,13H,5-7H2,1H3,(H,14,16). The van der Waals surface area contributed by atoms with E-state index in [-0.39, 0.29) is 5.91 Å². The molecule has 5 heteroatoms. The first-order chi connectivity index (χ1) is 7.72. The van der Waals surface area contributed by atoms with Gasteiger partial charge in [-0.15, -0.1) is 0 Å². The van der Waals surface area contributed by atoms with Crippen LogP contribution in [-0.2, 0) is 4.79 Å². The number of hydrogen-bond acceptors (Lipinski definition) is 3. The quantitative estimate of drug-likeness (QED) is 0.836. The van der Waals surface area contributed by atoms with Crippen LogP contribution >= 0.6 is 11.6 Å². The van der Waals surface area contributed by atoms with Crippen molar-refractivity contribution in [2.75, 3.05) is 36.9 Å². The van der Waals surface area contributed by atoms with Gasteiger partial charge in [-0.3, -0.25) is 4.79 Å². The zero-order valence-corrected chi connectivity index (χ0v) is 9.84. The molecule has 1 aliphatic rings. The second-order valence-electron chi connectivity index (χ2n) is 3.71. The Labute approximate surface area is 99.6 Å². The molecule has 0 spiro atoms. The van der Waals surface area contributed by atoms with E-state index >= 15 is 0 Å². The lowest BCUT2D eigenvalue weighted by molar-refractivity contribution is -0.115. The zero-order valence-electron chi connectivity index (χ0n) is 9.09. The van der Waals surface area contributed by atoms with Gasteiger partial charge in [0.25, 0.3) is 0 Å². The van der Waals surface area contributed by atoms with Crippen molar-refractivity contribution < 1.29 is 4.79 Å². The molecule has 0 radical (unpaired) electrons. The number of rotatable bonds is 3. The van der Waals surface area contributed by atoms with Crippen molar-refractivity contribution in [1.29, 1.82) is 0 Å². The van der Waals surface area contributed by atoms with E-state index in [0.29, 0.717) is 11.6 Å². The summed E-state index contributed by atoms with van der Waals surface area (Å²) in [6.45, 7) is 1.94. The van der Waals surface area contributed by atoms with Gasteiger partial charge in [-0.25, -0.2) is 0 Å². The average molecular weight is 240 g/mol. The molecule has 86 valence electrons. The molecular weight excluding hydrogens is 226 g/mol. The van der Waals surface area contributed by atoms with Crippen LogP contribution in [0, 0.1) is 0 Å². The average Bonchev–Trinajstić information content (AvgIpc) is 2.25. The molecule has 1 amide bonds. The Morgan fingerprint density at radius 3 is 3.12 bits per heavy atom. The zero-order chi connectivity index (χ0) is 11.5. The number of anilines is 2. The van der Waals surface area contributed by atoms with E-state index in [0.717, 1.165) is 24.5 Å². The van der Waals surface area contributed by atoms with Crippen LogP contribution in [0.25, 0.3) is 0 Å². The highest BCUT2D eigenvalue weighted by Crippen LogP contribution is 2.35. The number of halogens is 1. The summed E-state index contributed by atoms with van der Waals surface area (Å²) in [6.07, 6.45) is 0. The molecule has 0 aliphatic carbocycles. The van der Waals surface area contributed by atoms with E-state index in [1.807, 2.05) is 30.1 Å². The number of nitrogens with zero attached hydrogens (tertiary/aromatic N) is 1. The maximum Gasteiger partial charge on any atom is 0.243 e. The third-order valence-corrected chi connectivity index (χ3v) is 2.85. The predicted molar refractivity (Wildman–Crippen MR) is 66.2 cm³/mol. The molecule has 4 nitrogen and oxygen atoms in total. The Balaban J connectivity index is 2.32. The van der Waals surface area contributed by atoms with Crippen molar-refractivity contribution in [1.82, 2.24) is 5.32 Å². The molecule has 0 fully saturated rings. The summed E-state index contributed by atoms with van der Waals surface area (Å²) < 4.78 is 0. The first kappa shape index (κ1) is 11.2. The largest absolute Gasteiger partial charge is 0.358 e. The molecule has 2 rings (SSSR count). The van der Waals surface area contributed by atoms with Gasteiger partial charge in [0.05, 0.1) is 22.9 Å². The van der Waals surface area contributed by atoms with Crippen LogP contribution in [0.15, 0.2) is 18.2 Å². The molecule has 0 unspecified atom stereocenters. The molecule has 0 saturated carbocycles. The fourth-order valence-electron chi connectivity index (χ4n) is 1.82. The smallest absolute Gasteiger partial charge is 0.243 e. The number of hydrogen-bond donors (Lipinski definition) is 2. The SMILES string of the molecule is CNCCN1CC(=O)Nc2cccc(Cl)c21. The normalized spacial score (nSPS) is 14.6. The van der Waals surface area contributed by atoms with E-state index in [4.69, 9.17) is 11.6 Å². The van der Waals surface area contributed by atoms with E-state index in [1.54, 1.807) is 0 Å². The summed E-state index contributed by atoms with van der Waals surface area (Å²) in [4.78, 5) is 13.5. The van der Waals surface area contributed by atoms with Gasteiger partial charge < -0.3 is 15.5 Å². The van der Waals surface area contributed by atoms with Gasteiger partial charge in [-0.05, 0) is 19.2 Å². The van der Waals surface area contributed by atoms with Crippen molar-refractivity contribution >= 4 is 28.9 Å². The van der Waals surface area contributed by atoms with E-state index in [2.05, 4.69) is 10.6 Å². The monoisotopic (exact) mass is 239 g/mol. The number of carbonyl (C=O) groups excluding carboxylic acids is 1. The molecule has 1 heterocycles. The molecular formula is C11H14ClN3O. The number of para-hydroxylation sites is 1. The van der Waals surface area contributed by atoms with Gasteiger partial charge in [0.2, 0.25) is 5.91 Å². The highest BCUT2D eigenvalue weighted by atomic mass is 35.5. The second kappa shape index (κ2) is 4.72. The lowest BCUT2D eigenvalue weighted by atomic mass is 10.2. The number of fused-ring (bicyclic) bond motifs is 1. The molecule has 0 aromatic heterocycles. The lowest BCUT2D eigenvalue weighted by Gasteiger charge is -2.31. The van der Waals surface area contributed by atoms with Crippen LogP contribution in [0.3, 0.4) is 0 Å². The Morgan fingerprint density at radius 1 is 1.56 bits per heavy atom. The van der Waals surface area contributed by atoms with Gasteiger partial charge in [0, 0.05) is 13.1 Å². The van der Waals surface area contributed by atoms with Crippen LogP contribution in [0.2, 0.25) is 5.02 Å². The van der Waals surface area contributed by atoms with Crippen LogP contribution < -0.4 is 15.5 Å². The fraction of sp³-hybridized carbons (Fsp3) is 0.364. The molecule has 0 bridgehead atoms. The Bertz CT molecular complexity index is 408. The lowest BCUT2D eigenvalue weighted by Crippen LogP contribution is -2.41. The third-order valence-electron chi connectivity index (χ3n) is 2.54. The Hall–Kier alpha value is -1.26. The number of benzene rings is 1. The number of amides is 1. The number of carbonyl (C=O) groups is 1. The van der Waals surface area contributed by atoms with Gasteiger partial charge in [0.1, 0.15) is 0 Å². The van der Waals surface area contributed by atoms with Crippen LogP contribution in [0.1, 0.15) is 0 Å². The summed E-state index contributed by atoms with van der Waals surface area (Å²) in [7, 11) is 1.89. The predicted octanol–water partition coefficient (Wildman–Crippen LogP) is 1.32. The molecule has 1 aromatic carbocycles. The number of nitrogens with one attached hydrogen (secondary N) is 2. The van der Waals surface area contributed by atoms with E-state index in [9.17, 15) is 4.79 Å². The summed E-state index contributed by atoms with van der Waals surface area (Å²) >= 11 is 6.15. The van der Waals surface area contributed by atoms with Crippen molar-refractivity contribution in [3.8, 4) is 0 Å². The van der Waals surface area contributed by atoms with Crippen molar-refractivity contribution in [3.05, 3.63) is 23.2 Å². The number of likely N-dealkylation sites (N-methyl/N-ethyl adjacent to an activating group) is 1. The molecule has 0 atom stereocenters. The topological polar surface area (TPSA) is 44.4 Å². The van der Waals surface area contributed by atoms with Gasteiger partial charge >= 0.3 is 0 Å². The minimum absolute atomic E-state index is 0.00543. The Morgan fingerprint density at radius 2 is 2.38 bits per heavy atom. The minimum atomic E-state index is 0.00543. The molecule has 1 aromatic rings. The fourth-order valence-corrected chi connectivity index (χ4v) is 2.11. The minimum Gasteiger partial charge on any atom is -0.358 e. The van der Waals surface area contributed by atoms with Crippen LogP contribution in [0.4, 0.5) is 11.4 Å². The molecule has 16 heavy (non-hydrogen) atoms. The van der Waals surface area contributed by atoms with Gasteiger partial charge in [0.15, 0.2) is 0 Å². The summed E-state index contributed by atoms with van der Waals surface area (Å²) in [5, 5.41) is 6.56. The van der Waals surface area contributed by atoms with Crippen molar-refractivity contribution in [3.63, 3.8) is 0 Å². The maximum atomic E-state index is 11.5.